The number of aliphatic hydroxyl groups is 1. The van der Waals surface area contributed by atoms with E-state index in [1.165, 1.54) is 19.3 Å². The Labute approximate surface area is 92.3 Å². The SMILES string of the molecule is O=C1CCCCC(CCCCCCO)N1. The molecule has 0 aliphatic carbocycles. The largest absolute Gasteiger partial charge is 0.396 e. The first-order valence-corrected chi connectivity index (χ1v) is 6.23. The minimum atomic E-state index is 0.229. The van der Waals surface area contributed by atoms with Gasteiger partial charge in [0.2, 0.25) is 5.91 Å². The van der Waals surface area contributed by atoms with Gasteiger partial charge in [-0.1, -0.05) is 25.7 Å². The van der Waals surface area contributed by atoms with E-state index in [1.807, 2.05) is 0 Å². The summed E-state index contributed by atoms with van der Waals surface area (Å²) in [7, 11) is 0. The Kier molecular flexibility index (Phi) is 6.41. The van der Waals surface area contributed by atoms with Crippen molar-refractivity contribution in [1.82, 2.24) is 5.32 Å². The number of carbonyl (C=O) groups excluding carboxylic acids is 1. The average Bonchev–Trinajstić information content (AvgIpc) is 2.43. The van der Waals surface area contributed by atoms with E-state index in [0.717, 1.165) is 32.1 Å². The summed E-state index contributed by atoms with van der Waals surface area (Å²) in [5, 5.41) is 11.7. The number of carbonyl (C=O) groups is 1. The molecule has 0 radical (unpaired) electrons. The number of hydrogen-bond acceptors (Lipinski definition) is 2. The number of rotatable bonds is 6. The van der Waals surface area contributed by atoms with Crippen molar-refractivity contribution < 1.29 is 9.90 Å². The first-order valence-electron chi connectivity index (χ1n) is 6.23. The number of nitrogens with one attached hydrogen (secondary N) is 1. The molecule has 0 spiro atoms. The molecule has 1 rings (SSSR count). The van der Waals surface area contributed by atoms with Gasteiger partial charge >= 0.3 is 0 Å². The summed E-state index contributed by atoms with van der Waals surface area (Å²) < 4.78 is 0. The molecule has 3 nitrogen and oxygen atoms in total. The Bertz CT molecular complexity index is 182. The molecule has 0 aromatic rings. The molecular weight excluding hydrogens is 190 g/mol. The molecule has 2 N–H and O–H groups in total. The van der Waals surface area contributed by atoms with Gasteiger partial charge in [-0.05, 0) is 25.7 Å². The molecule has 0 aromatic heterocycles. The summed E-state index contributed by atoms with van der Waals surface area (Å²) in [6, 6.07) is 0.411. The second kappa shape index (κ2) is 7.69. The van der Waals surface area contributed by atoms with E-state index >= 15 is 0 Å². The van der Waals surface area contributed by atoms with Crippen molar-refractivity contribution in [3.63, 3.8) is 0 Å². The maximum absolute atomic E-state index is 11.3. The zero-order valence-corrected chi connectivity index (χ0v) is 9.50. The minimum Gasteiger partial charge on any atom is -0.396 e. The second-order valence-electron chi connectivity index (χ2n) is 4.44. The van der Waals surface area contributed by atoms with E-state index in [4.69, 9.17) is 5.11 Å². The normalized spacial score (nSPS) is 22.2. The van der Waals surface area contributed by atoms with Gasteiger partial charge in [-0.25, -0.2) is 0 Å². The maximum Gasteiger partial charge on any atom is 0.220 e. The van der Waals surface area contributed by atoms with Gasteiger partial charge in [-0.3, -0.25) is 4.79 Å². The number of aliphatic hydroxyl groups excluding tert-OH is 1. The van der Waals surface area contributed by atoms with Gasteiger partial charge in [0.05, 0.1) is 0 Å². The summed E-state index contributed by atoms with van der Waals surface area (Å²) in [6.45, 7) is 0.306. The highest BCUT2D eigenvalue weighted by molar-refractivity contribution is 5.76. The molecular formula is C12H23NO2. The van der Waals surface area contributed by atoms with Gasteiger partial charge in [0, 0.05) is 19.1 Å². The predicted octanol–water partition coefficient (Wildman–Crippen LogP) is 1.99. The highest BCUT2D eigenvalue weighted by Crippen LogP contribution is 2.14. The standard InChI is InChI=1S/C12H23NO2/c14-10-6-2-1-3-7-11-8-4-5-9-12(15)13-11/h11,14H,1-10H2,(H,13,15). The van der Waals surface area contributed by atoms with Crippen molar-refractivity contribution in [3.8, 4) is 0 Å². The third kappa shape index (κ3) is 5.78. The van der Waals surface area contributed by atoms with Gasteiger partial charge in [-0.2, -0.15) is 0 Å². The van der Waals surface area contributed by atoms with Gasteiger partial charge < -0.3 is 10.4 Å². The van der Waals surface area contributed by atoms with Crippen LogP contribution in [0.2, 0.25) is 0 Å². The summed E-state index contributed by atoms with van der Waals surface area (Å²) in [4.78, 5) is 11.3. The molecule has 1 amide bonds. The van der Waals surface area contributed by atoms with Crippen LogP contribution >= 0.6 is 0 Å². The zero-order valence-electron chi connectivity index (χ0n) is 9.50. The van der Waals surface area contributed by atoms with Gasteiger partial charge in [-0.15, -0.1) is 0 Å². The van der Waals surface area contributed by atoms with Crippen LogP contribution in [0.1, 0.15) is 57.8 Å². The van der Waals surface area contributed by atoms with Crippen LogP contribution in [0.25, 0.3) is 0 Å². The molecule has 1 aliphatic rings. The third-order valence-electron chi connectivity index (χ3n) is 3.03. The molecule has 15 heavy (non-hydrogen) atoms. The van der Waals surface area contributed by atoms with Crippen molar-refractivity contribution in [1.29, 1.82) is 0 Å². The topological polar surface area (TPSA) is 49.3 Å². The fourth-order valence-corrected chi connectivity index (χ4v) is 2.12. The molecule has 1 heterocycles. The van der Waals surface area contributed by atoms with Gasteiger partial charge in [0.25, 0.3) is 0 Å². The lowest BCUT2D eigenvalue weighted by atomic mass is 10.0. The summed E-state index contributed by atoms with van der Waals surface area (Å²) in [5.74, 6) is 0.229. The van der Waals surface area contributed by atoms with Crippen molar-refractivity contribution in [3.05, 3.63) is 0 Å². The fraction of sp³-hybridized carbons (Fsp3) is 0.917. The Morgan fingerprint density at radius 1 is 1.20 bits per heavy atom. The van der Waals surface area contributed by atoms with E-state index in [0.29, 0.717) is 19.1 Å². The molecule has 1 atom stereocenters. The fourth-order valence-electron chi connectivity index (χ4n) is 2.12. The van der Waals surface area contributed by atoms with Crippen molar-refractivity contribution in [2.75, 3.05) is 6.61 Å². The van der Waals surface area contributed by atoms with E-state index in [9.17, 15) is 4.79 Å². The monoisotopic (exact) mass is 213 g/mol. The lowest BCUT2D eigenvalue weighted by Crippen LogP contribution is -2.32. The Hall–Kier alpha value is -0.570. The molecule has 1 unspecified atom stereocenters. The molecule has 1 fully saturated rings. The van der Waals surface area contributed by atoms with Crippen LogP contribution < -0.4 is 5.32 Å². The van der Waals surface area contributed by atoms with Crippen molar-refractivity contribution in [2.45, 2.75) is 63.8 Å². The van der Waals surface area contributed by atoms with E-state index in [2.05, 4.69) is 5.32 Å². The number of unbranched alkanes of at least 4 members (excludes halogenated alkanes) is 3. The molecule has 1 saturated heterocycles. The Balaban J connectivity index is 2.06. The van der Waals surface area contributed by atoms with Gasteiger partial charge in [0.15, 0.2) is 0 Å². The van der Waals surface area contributed by atoms with E-state index < -0.39 is 0 Å². The highest BCUT2D eigenvalue weighted by Gasteiger charge is 2.15. The van der Waals surface area contributed by atoms with Crippen molar-refractivity contribution in [2.24, 2.45) is 0 Å². The van der Waals surface area contributed by atoms with Crippen LogP contribution in [-0.2, 0) is 4.79 Å². The summed E-state index contributed by atoms with van der Waals surface area (Å²) in [5.41, 5.74) is 0. The van der Waals surface area contributed by atoms with Crippen molar-refractivity contribution >= 4 is 5.91 Å². The Morgan fingerprint density at radius 2 is 2.00 bits per heavy atom. The van der Waals surface area contributed by atoms with Crippen LogP contribution in [0.3, 0.4) is 0 Å². The van der Waals surface area contributed by atoms with Gasteiger partial charge in [0.1, 0.15) is 0 Å². The smallest absolute Gasteiger partial charge is 0.220 e. The third-order valence-corrected chi connectivity index (χ3v) is 3.03. The lowest BCUT2D eigenvalue weighted by molar-refractivity contribution is -0.121. The summed E-state index contributed by atoms with van der Waals surface area (Å²) in [6.07, 6.45) is 9.56. The predicted molar refractivity (Wildman–Crippen MR) is 60.6 cm³/mol. The van der Waals surface area contributed by atoms with Crippen LogP contribution in [-0.4, -0.2) is 23.7 Å². The Morgan fingerprint density at radius 3 is 2.80 bits per heavy atom. The molecule has 0 bridgehead atoms. The van der Waals surface area contributed by atoms with Crippen LogP contribution in [0.5, 0.6) is 0 Å². The molecule has 1 aliphatic heterocycles. The zero-order chi connectivity index (χ0) is 10.9. The number of amides is 1. The maximum atomic E-state index is 11.3. The van der Waals surface area contributed by atoms with Crippen LogP contribution in [0, 0.1) is 0 Å². The van der Waals surface area contributed by atoms with Crippen LogP contribution in [0.15, 0.2) is 0 Å². The van der Waals surface area contributed by atoms with E-state index in [-0.39, 0.29) is 5.91 Å². The average molecular weight is 213 g/mol. The first-order chi connectivity index (χ1) is 7.33. The summed E-state index contributed by atoms with van der Waals surface area (Å²) >= 11 is 0. The quantitative estimate of drug-likeness (QED) is 0.663. The molecule has 3 heteroatoms. The molecule has 88 valence electrons. The minimum absolute atomic E-state index is 0.229. The van der Waals surface area contributed by atoms with Crippen LogP contribution in [0.4, 0.5) is 0 Å². The second-order valence-corrected chi connectivity index (χ2v) is 4.44. The number of hydrogen-bond donors (Lipinski definition) is 2. The molecule has 0 saturated carbocycles. The molecule has 0 aromatic carbocycles. The lowest BCUT2D eigenvalue weighted by Gasteiger charge is -2.15. The highest BCUT2D eigenvalue weighted by atomic mass is 16.2. The first kappa shape index (κ1) is 12.5. The van der Waals surface area contributed by atoms with E-state index in [1.54, 1.807) is 0 Å².